The highest BCUT2D eigenvalue weighted by Crippen LogP contribution is 2.32. The topological polar surface area (TPSA) is 34.1 Å². The van der Waals surface area contributed by atoms with Gasteiger partial charge >= 0.3 is 0 Å². The molecule has 2 nitrogen and oxygen atoms in total. The van der Waals surface area contributed by atoms with Crippen LogP contribution in [0, 0.1) is 0 Å². The molecular weight excluding hydrogens is 304 g/mol. The van der Waals surface area contributed by atoms with E-state index >= 15 is 0 Å². The van der Waals surface area contributed by atoms with E-state index in [4.69, 9.17) is 0 Å². The first-order valence-corrected chi connectivity index (χ1v) is 8.87. The van der Waals surface area contributed by atoms with Crippen LogP contribution in [0.5, 0.6) is 0 Å². The minimum atomic E-state index is -3.53. The van der Waals surface area contributed by atoms with Crippen molar-refractivity contribution in [1.82, 2.24) is 0 Å². The molecule has 4 aromatic carbocycles. The molecule has 112 valence electrons. The van der Waals surface area contributed by atoms with Crippen LogP contribution >= 0.6 is 0 Å². The summed E-state index contributed by atoms with van der Waals surface area (Å²) in [4.78, 5) is 0.674. The van der Waals surface area contributed by atoms with Gasteiger partial charge in [0.1, 0.15) is 0 Å². The maximum atomic E-state index is 13.0. The lowest BCUT2D eigenvalue weighted by Crippen LogP contribution is -2.02. The summed E-state index contributed by atoms with van der Waals surface area (Å²) in [6.07, 6.45) is 0. The molecule has 4 rings (SSSR count). The number of sulfone groups is 1. The van der Waals surface area contributed by atoms with Crippen LogP contribution in [0.3, 0.4) is 0 Å². The maximum absolute atomic E-state index is 13.0. The molecular formula is C20H14O2S. The molecule has 3 heteroatoms. The fraction of sp³-hybridized carbons (Fsp3) is 0. The van der Waals surface area contributed by atoms with Crippen molar-refractivity contribution in [2.45, 2.75) is 9.79 Å². The van der Waals surface area contributed by atoms with E-state index in [1.807, 2.05) is 54.6 Å². The predicted octanol–water partition coefficient (Wildman–Crippen LogP) is 4.83. The monoisotopic (exact) mass is 318 g/mol. The third-order valence-corrected chi connectivity index (χ3v) is 5.92. The Bertz CT molecular complexity index is 1110. The van der Waals surface area contributed by atoms with E-state index in [0.717, 1.165) is 21.5 Å². The van der Waals surface area contributed by atoms with Crippen LogP contribution < -0.4 is 0 Å². The van der Waals surface area contributed by atoms with Gasteiger partial charge in [0.2, 0.25) is 9.84 Å². The average molecular weight is 318 g/mol. The van der Waals surface area contributed by atoms with Crippen molar-refractivity contribution in [2.75, 3.05) is 0 Å². The quantitative estimate of drug-likeness (QED) is 0.496. The first kappa shape index (κ1) is 14.0. The molecule has 0 unspecified atom stereocenters. The van der Waals surface area contributed by atoms with Crippen molar-refractivity contribution in [3.05, 3.63) is 84.9 Å². The molecule has 0 spiro atoms. The van der Waals surface area contributed by atoms with Gasteiger partial charge in [-0.3, -0.25) is 0 Å². The molecule has 0 aliphatic heterocycles. The van der Waals surface area contributed by atoms with E-state index in [9.17, 15) is 8.42 Å². The Labute approximate surface area is 134 Å². The van der Waals surface area contributed by atoms with Gasteiger partial charge in [-0.15, -0.1) is 0 Å². The summed E-state index contributed by atoms with van der Waals surface area (Å²) in [6, 6.07) is 25.9. The largest absolute Gasteiger partial charge is 0.218 e. The highest BCUT2D eigenvalue weighted by atomic mass is 32.2. The lowest BCUT2D eigenvalue weighted by Gasteiger charge is -2.10. The third kappa shape index (κ3) is 2.21. The van der Waals surface area contributed by atoms with Crippen LogP contribution in [-0.2, 0) is 9.84 Å². The Morgan fingerprint density at radius 3 is 2.04 bits per heavy atom. The molecule has 0 heterocycles. The van der Waals surface area contributed by atoms with E-state index < -0.39 is 9.84 Å². The maximum Gasteiger partial charge on any atom is 0.207 e. The summed E-state index contributed by atoms with van der Waals surface area (Å²) in [5, 5.41) is 3.89. The van der Waals surface area contributed by atoms with Crippen LogP contribution in [0.1, 0.15) is 0 Å². The highest BCUT2D eigenvalue weighted by molar-refractivity contribution is 7.91. The summed E-state index contributed by atoms with van der Waals surface area (Å²) in [7, 11) is -3.53. The van der Waals surface area contributed by atoms with Gasteiger partial charge in [0.25, 0.3) is 0 Å². The second-order valence-electron chi connectivity index (χ2n) is 5.45. The fourth-order valence-electron chi connectivity index (χ4n) is 2.97. The normalized spacial score (nSPS) is 11.8. The average Bonchev–Trinajstić information content (AvgIpc) is 2.61. The number of hydrogen-bond donors (Lipinski definition) is 0. The zero-order chi connectivity index (χ0) is 15.9. The molecule has 0 saturated heterocycles. The van der Waals surface area contributed by atoms with Crippen molar-refractivity contribution in [3.63, 3.8) is 0 Å². The minimum absolute atomic E-state index is 0.320. The van der Waals surface area contributed by atoms with E-state index in [1.54, 1.807) is 30.3 Å². The molecule has 0 aromatic heterocycles. The zero-order valence-electron chi connectivity index (χ0n) is 12.3. The van der Waals surface area contributed by atoms with Gasteiger partial charge in [0.05, 0.1) is 9.79 Å². The van der Waals surface area contributed by atoms with Crippen molar-refractivity contribution in [1.29, 1.82) is 0 Å². The fourth-order valence-corrected chi connectivity index (χ4v) is 4.47. The van der Waals surface area contributed by atoms with Crippen molar-refractivity contribution in [2.24, 2.45) is 0 Å². The summed E-state index contributed by atoms with van der Waals surface area (Å²) in [5.41, 5.74) is 0. The Morgan fingerprint density at radius 1 is 0.522 bits per heavy atom. The van der Waals surface area contributed by atoms with Crippen LogP contribution in [0.25, 0.3) is 21.5 Å². The summed E-state index contributed by atoms with van der Waals surface area (Å²) >= 11 is 0. The molecule has 0 amide bonds. The number of hydrogen-bond acceptors (Lipinski definition) is 2. The summed E-state index contributed by atoms with van der Waals surface area (Å²) < 4.78 is 26.0. The Hall–Kier alpha value is -2.65. The molecule has 4 aromatic rings. The highest BCUT2D eigenvalue weighted by Gasteiger charge is 2.20. The van der Waals surface area contributed by atoms with E-state index in [-0.39, 0.29) is 0 Å². The number of fused-ring (bicyclic) bond motifs is 3. The van der Waals surface area contributed by atoms with Gasteiger partial charge in [0, 0.05) is 5.39 Å². The SMILES string of the molecule is O=S(=O)(c1ccccc1)c1cccc2c1ccc1ccccc12. The number of benzene rings is 4. The Kier molecular flexibility index (Phi) is 3.17. The van der Waals surface area contributed by atoms with Gasteiger partial charge < -0.3 is 0 Å². The van der Waals surface area contributed by atoms with Gasteiger partial charge in [-0.25, -0.2) is 8.42 Å². The van der Waals surface area contributed by atoms with Gasteiger partial charge in [-0.05, 0) is 34.4 Å². The molecule has 0 aliphatic rings. The molecule has 0 atom stereocenters. The van der Waals surface area contributed by atoms with E-state index in [1.165, 1.54) is 0 Å². The standard InChI is InChI=1S/C20H14O2S/c21-23(22,16-8-2-1-3-9-16)20-12-6-11-18-17-10-5-4-7-15(17)13-14-19(18)20/h1-14H. The van der Waals surface area contributed by atoms with Gasteiger partial charge in [-0.1, -0.05) is 66.7 Å². The van der Waals surface area contributed by atoms with E-state index in [0.29, 0.717) is 9.79 Å². The number of rotatable bonds is 2. The van der Waals surface area contributed by atoms with Crippen LogP contribution in [0.15, 0.2) is 94.7 Å². The van der Waals surface area contributed by atoms with Crippen LogP contribution in [0.4, 0.5) is 0 Å². The predicted molar refractivity (Wildman–Crippen MR) is 93.3 cm³/mol. The second kappa shape index (κ2) is 5.21. The molecule has 0 N–H and O–H groups in total. The molecule has 0 aliphatic carbocycles. The molecule has 0 fully saturated rings. The third-order valence-electron chi connectivity index (χ3n) is 4.09. The zero-order valence-corrected chi connectivity index (χ0v) is 13.1. The van der Waals surface area contributed by atoms with Crippen LogP contribution in [0.2, 0.25) is 0 Å². The summed E-state index contributed by atoms with van der Waals surface area (Å²) in [6.45, 7) is 0. The molecule has 23 heavy (non-hydrogen) atoms. The molecule has 0 bridgehead atoms. The van der Waals surface area contributed by atoms with Crippen molar-refractivity contribution < 1.29 is 8.42 Å². The van der Waals surface area contributed by atoms with Gasteiger partial charge in [0.15, 0.2) is 0 Å². The van der Waals surface area contributed by atoms with Crippen LogP contribution in [-0.4, -0.2) is 8.42 Å². The van der Waals surface area contributed by atoms with Crippen molar-refractivity contribution >= 4 is 31.4 Å². The van der Waals surface area contributed by atoms with E-state index in [2.05, 4.69) is 0 Å². The smallest absolute Gasteiger partial charge is 0.207 e. The minimum Gasteiger partial charge on any atom is -0.218 e. The Morgan fingerprint density at radius 2 is 1.22 bits per heavy atom. The van der Waals surface area contributed by atoms with Crippen molar-refractivity contribution in [3.8, 4) is 0 Å². The summed E-state index contributed by atoms with van der Waals surface area (Å²) in [5.74, 6) is 0. The lowest BCUT2D eigenvalue weighted by atomic mass is 10.0. The first-order valence-electron chi connectivity index (χ1n) is 7.38. The Balaban J connectivity index is 2.08. The first-order chi connectivity index (χ1) is 11.2. The van der Waals surface area contributed by atoms with Gasteiger partial charge in [-0.2, -0.15) is 0 Å². The molecule has 0 radical (unpaired) electrons. The lowest BCUT2D eigenvalue weighted by molar-refractivity contribution is 0.597. The molecule has 0 saturated carbocycles. The second-order valence-corrected chi connectivity index (χ2v) is 7.37.